The summed E-state index contributed by atoms with van der Waals surface area (Å²) >= 11 is 12.7. The van der Waals surface area contributed by atoms with Crippen LogP contribution < -0.4 is 5.32 Å². The molecule has 6 nitrogen and oxygen atoms in total. The molecule has 164 valence electrons. The number of carbonyl (C=O) groups excluding carboxylic acids is 1. The molecule has 0 radical (unpaired) electrons. The van der Waals surface area contributed by atoms with Crippen molar-refractivity contribution in [2.24, 2.45) is 0 Å². The van der Waals surface area contributed by atoms with Gasteiger partial charge in [-0.2, -0.15) is 0 Å². The van der Waals surface area contributed by atoms with Gasteiger partial charge in [0.05, 0.1) is 27.0 Å². The van der Waals surface area contributed by atoms with Gasteiger partial charge in [0, 0.05) is 6.92 Å². The van der Waals surface area contributed by atoms with Crippen LogP contribution in [0.5, 0.6) is 0 Å². The van der Waals surface area contributed by atoms with E-state index in [9.17, 15) is 4.79 Å². The second kappa shape index (κ2) is 12.4. The first-order valence-corrected chi connectivity index (χ1v) is 10.3. The monoisotopic (exact) mass is 454 g/mol. The van der Waals surface area contributed by atoms with Crippen molar-refractivity contribution >= 4 is 46.5 Å². The predicted molar refractivity (Wildman–Crippen MR) is 122 cm³/mol. The minimum absolute atomic E-state index is 0.309. The summed E-state index contributed by atoms with van der Waals surface area (Å²) in [6, 6.07) is 10.8. The molecule has 0 saturated carbocycles. The van der Waals surface area contributed by atoms with Gasteiger partial charge in [-0.25, -0.2) is 4.79 Å². The van der Waals surface area contributed by atoms with E-state index in [1.165, 1.54) is 0 Å². The number of aryl methyl sites for hydroxylation is 1. The standard InChI is InChI=1S/C20H24Cl2N2O2.C2H4O2/c1-5-24(6-2)14(4)26-20(25)15-9-7-8-10-17(15)23-19-16(21)12-11-13(3)18(19)22;1-2(3)4/h7-12,14,23H,5-6H2,1-4H3;1H3,(H,3,4). The fourth-order valence-electron chi connectivity index (χ4n) is 2.71. The number of carbonyl (C=O) groups is 2. The van der Waals surface area contributed by atoms with E-state index in [1.807, 2.05) is 39.8 Å². The second-order valence-electron chi connectivity index (χ2n) is 6.47. The first-order valence-electron chi connectivity index (χ1n) is 9.57. The number of aliphatic carboxylic acids is 1. The molecule has 2 aromatic carbocycles. The highest BCUT2D eigenvalue weighted by atomic mass is 35.5. The van der Waals surface area contributed by atoms with Crippen LogP contribution in [0.4, 0.5) is 11.4 Å². The number of carboxylic acid groups (broad SMARTS) is 1. The number of nitrogens with zero attached hydrogens (tertiary/aromatic N) is 1. The Balaban J connectivity index is 0.00000103. The molecule has 0 fully saturated rings. The number of rotatable bonds is 7. The summed E-state index contributed by atoms with van der Waals surface area (Å²) in [6.07, 6.45) is -0.309. The Kier molecular flexibility index (Phi) is 10.7. The molecule has 0 heterocycles. The van der Waals surface area contributed by atoms with E-state index in [4.69, 9.17) is 37.8 Å². The molecule has 0 aliphatic heterocycles. The number of hydrogen-bond acceptors (Lipinski definition) is 5. The van der Waals surface area contributed by atoms with E-state index in [0.717, 1.165) is 25.6 Å². The number of carboxylic acids is 1. The van der Waals surface area contributed by atoms with Gasteiger partial charge in [0.25, 0.3) is 5.97 Å². The fourth-order valence-corrected chi connectivity index (χ4v) is 3.17. The molecule has 0 aliphatic carbocycles. The topological polar surface area (TPSA) is 78.9 Å². The third-order valence-electron chi connectivity index (χ3n) is 4.30. The average Bonchev–Trinajstić information content (AvgIpc) is 2.69. The molecule has 8 heteroatoms. The largest absolute Gasteiger partial charge is 0.481 e. The Morgan fingerprint density at radius 1 is 1.13 bits per heavy atom. The van der Waals surface area contributed by atoms with Crippen molar-refractivity contribution in [3.63, 3.8) is 0 Å². The molecule has 2 aromatic rings. The summed E-state index contributed by atoms with van der Waals surface area (Å²) in [4.78, 5) is 23.7. The Morgan fingerprint density at radius 3 is 2.27 bits per heavy atom. The van der Waals surface area contributed by atoms with Crippen LogP contribution in [0.2, 0.25) is 10.0 Å². The number of ether oxygens (including phenoxy) is 1. The summed E-state index contributed by atoms with van der Waals surface area (Å²) in [7, 11) is 0. The number of anilines is 2. The molecule has 0 saturated heterocycles. The average molecular weight is 455 g/mol. The highest BCUT2D eigenvalue weighted by Crippen LogP contribution is 2.36. The number of halogens is 2. The van der Waals surface area contributed by atoms with Crippen molar-refractivity contribution < 1.29 is 19.4 Å². The molecular formula is C22H28Cl2N2O4. The van der Waals surface area contributed by atoms with Gasteiger partial charge in [-0.1, -0.05) is 55.2 Å². The van der Waals surface area contributed by atoms with E-state index >= 15 is 0 Å². The number of para-hydroxylation sites is 1. The zero-order valence-electron chi connectivity index (χ0n) is 17.8. The molecule has 0 amide bonds. The second-order valence-corrected chi connectivity index (χ2v) is 7.25. The van der Waals surface area contributed by atoms with E-state index in [2.05, 4.69) is 10.2 Å². The summed E-state index contributed by atoms with van der Waals surface area (Å²) in [5, 5.41) is 11.6. The maximum Gasteiger partial charge on any atom is 0.341 e. The highest BCUT2D eigenvalue weighted by molar-refractivity contribution is 6.39. The van der Waals surface area contributed by atoms with Crippen LogP contribution in [0.15, 0.2) is 36.4 Å². The lowest BCUT2D eigenvalue weighted by Crippen LogP contribution is -2.36. The van der Waals surface area contributed by atoms with Gasteiger partial charge in [0.1, 0.15) is 0 Å². The molecule has 30 heavy (non-hydrogen) atoms. The minimum atomic E-state index is -0.833. The third-order valence-corrected chi connectivity index (χ3v) is 5.10. The van der Waals surface area contributed by atoms with Crippen molar-refractivity contribution in [2.75, 3.05) is 18.4 Å². The van der Waals surface area contributed by atoms with Gasteiger partial charge in [-0.05, 0) is 50.7 Å². The number of esters is 1. The van der Waals surface area contributed by atoms with E-state index in [0.29, 0.717) is 27.0 Å². The van der Waals surface area contributed by atoms with Crippen molar-refractivity contribution in [3.8, 4) is 0 Å². The summed E-state index contributed by atoms with van der Waals surface area (Å²) in [5.74, 6) is -1.23. The Morgan fingerprint density at radius 2 is 1.70 bits per heavy atom. The van der Waals surface area contributed by atoms with E-state index in [1.54, 1.807) is 24.3 Å². The maximum atomic E-state index is 12.7. The van der Waals surface area contributed by atoms with E-state index in [-0.39, 0.29) is 6.23 Å². The van der Waals surface area contributed by atoms with Crippen LogP contribution in [0.3, 0.4) is 0 Å². The van der Waals surface area contributed by atoms with Gasteiger partial charge >= 0.3 is 5.97 Å². The smallest absolute Gasteiger partial charge is 0.341 e. The lowest BCUT2D eigenvalue weighted by molar-refractivity contribution is -0.134. The van der Waals surface area contributed by atoms with Crippen LogP contribution in [0.25, 0.3) is 0 Å². The maximum absolute atomic E-state index is 12.7. The van der Waals surface area contributed by atoms with Gasteiger partial charge in [0.2, 0.25) is 0 Å². The van der Waals surface area contributed by atoms with Crippen molar-refractivity contribution in [1.82, 2.24) is 4.90 Å². The number of benzene rings is 2. The lowest BCUT2D eigenvalue weighted by atomic mass is 10.1. The highest BCUT2D eigenvalue weighted by Gasteiger charge is 2.20. The Labute approximate surface area is 187 Å². The molecule has 2 rings (SSSR count). The predicted octanol–water partition coefficient (Wildman–Crippen LogP) is 5.98. The lowest BCUT2D eigenvalue weighted by Gasteiger charge is -2.26. The van der Waals surface area contributed by atoms with Crippen LogP contribution in [-0.2, 0) is 9.53 Å². The third kappa shape index (κ3) is 7.52. The molecule has 0 aliphatic rings. The number of nitrogens with one attached hydrogen (secondary N) is 1. The van der Waals surface area contributed by atoms with Gasteiger partial charge in [-0.15, -0.1) is 0 Å². The number of hydrogen-bond donors (Lipinski definition) is 2. The first kappa shape index (κ1) is 25.8. The van der Waals surface area contributed by atoms with Gasteiger partial charge in [0.15, 0.2) is 6.23 Å². The molecule has 2 N–H and O–H groups in total. The zero-order valence-corrected chi connectivity index (χ0v) is 19.3. The zero-order chi connectivity index (χ0) is 22.8. The fraction of sp³-hybridized carbons (Fsp3) is 0.364. The first-order chi connectivity index (χ1) is 14.1. The van der Waals surface area contributed by atoms with Crippen LogP contribution >= 0.6 is 23.2 Å². The van der Waals surface area contributed by atoms with Crippen LogP contribution in [0.1, 0.15) is 43.6 Å². The molecule has 1 unspecified atom stereocenters. The summed E-state index contributed by atoms with van der Waals surface area (Å²) in [5.41, 5.74) is 2.50. The van der Waals surface area contributed by atoms with Crippen molar-refractivity contribution in [2.45, 2.75) is 40.8 Å². The SMILES string of the molecule is CC(=O)O.CCN(CC)C(C)OC(=O)c1ccccc1Nc1c(Cl)ccc(C)c1Cl. The summed E-state index contributed by atoms with van der Waals surface area (Å²) < 4.78 is 5.62. The molecule has 1 atom stereocenters. The normalized spacial score (nSPS) is 11.3. The molecule has 0 spiro atoms. The summed E-state index contributed by atoms with van der Waals surface area (Å²) in [6.45, 7) is 10.5. The van der Waals surface area contributed by atoms with Crippen LogP contribution in [-0.4, -0.2) is 41.3 Å². The quantitative estimate of drug-likeness (QED) is 0.395. The van der Waals surface area contributed by atoms with Gasteiger partial charge < -0.3 is 15.2 Å². The van der Waals surface area contributed by atoms with Gasteiger partial charge in [-0.3, -0.25) is 9.69 Å². The van der Waals surface area contributed by atoms with E-state index < -0.39 is 11.9 Å². The molecular weight excluding hydrogens is 427 g/mol. The molecule has 0 aromatic heterocycles. The minimum Gasteiger partial charge on any atom is -0.481 e. The Bertz CT molecular complexity index is 866. The molecule has 0 bridgehead atoms. The van der Waals surface area contributed by atoms with Crippen LogP contribution in [0, 0.1) is 6.92 Å². The Hall–Kier alpha value is -2.28. The van der Waals surface area contributed by atoms with Crippen molar-refractivity contribution in [3.05, 3.63) is 57.6 Å². The van der Waals surface area contributed by atoms with Crippen molar-refractivity contribution in [1.29, 1.82) is 0 Å².